The molecule has 0 N–H and O–H groups in total. The van der Waals surface area contributed by atoms with Crippen molar-refractivity contribution < 1.29 is 4.39 Å². The Balaban J connectivity index is 1.79. The lowest BCUT2D eigenvalue weighted by molar-refractivity contribution is 0.580. The molecule has 1 aromatic rings. The standard InChI is InChI=1S/C14H16BrF/c1-8-7-9(5-6-12(8)16)14(15)13-10-3-2-4-11(10)13/h5-7,10-11,13-14H,2-4H2,1H3. The van der Waals surface area contributed by atoms with Crippen LogP contribution in [0.4, 0.5) is 4.39 Å². The van der Waals surface area contributed by atoms with Crippen LogP contribution in [0.1, 0.15) is 35.2 Å². The van der Waals surface area contributed by atoms with Crippen molar-refractivity contribution in [1.29, 1.82) is 0 Å². The molecule has 0 radical (unpaired) electrons. The Kier molecular flexibility index (Phi) is 2.58. The Hall–Kier alpha value is -0.370. The van der Waals surface area contributed by atoms with Crippen LogP contribution in [-0.4, -0.2) is 0 Å². The highest BCUT2D eigenvalue weighted by atomic mass is 79.9. The van der Waals surface area contributed by atoms with E-state index in [1.807, 2.05) is 19.1 Å². The van der Waals surface area contributed by atoms with Gasteiger partial charge in [0.05, 0.1) is 0 Å². The van der Waals surface area contributed by atoms with Gasteiger partial charge >= 0.3 is 0 Å². The van der Waals surface area contributed by atoms with Crippen molar-refractivity contribution in [1.82, 2.24) is 0 Å². The molecule has 0 bridgehead atoms. The molecule has 2 fully saturated rings. The Morgan fingerprint density at radius 3 is 2.62 bits per heavy atom. The number of benzene rings is 1. The van der Waals surface area contributed by atoms with Gasteiger partial charge in [-0.1, -0.05) is 34.5 Å². The van der Waals surface area contributed by atoms with Gasteiger partial charge in [-0.3, -0.25) is 0 Å². The van der Waals surface area contributed by atoms with Crippen molar-refractivity contribution in [3.05, 3.63) is 35.1 Å². The number of rotatable bonds is 2. The molecule has 0 spiro atoms. The summed E-state index contributed by atoms with van der Waals surface area (Å²) < 4.78 is 13.2. The van der Waals surface area contributed by atoms with Crippen LogP contribution in [0.5, 0.6) is 0 Å². The van der Waals surface area contributed by atoms with E-state index in [0.29, 0.717) is 4.83 Å². The summed E-state index contributed by atoms with van der Waals surface area (Å²) in [6.07, 6.45) is 4.21. The first-order chi connectivity index (χ1) is 7.68. The number of aryl methyl sites for hydroxylation is 1. The van der Waals surface area contributed by atoms with Crippen LogP contribution in [0.2, 0.25) is 0 Å². The number of hydrogen-bond donors (Lipinski definition) is 0. The first-order valence-corrected chi connectivity index (χ1v) is 7.00. The third-order valence-corrected chi connectivity index (χ3v) is 5.45. The van der Waals surface area contributed by atoms with Crippen molar-refractivity contribution >= 4 is 15.9 Å². The number of fused-ring (bicyclic) bond motifs is 1. The van der Waals surface area contributed by atoms with Crippen molar-refractivity contribution in [3.8, 4) is 0 Å². The van der Waals surface area contributed by atoms with E-state index in [-0.39, 0.29) is 5.82 Å². The molecule has 86 valence electrons. The average Bonchev–Trinajstić information content (AvgIpc) is 2.74. The van der Waals surface area contributed by atoms with E-state index >= 15 is 0 Å². The van der Waals surface area contributed by atoms with E-state index in [0.717, 1.165) is 23.3 Å². The molecule has 0 amide bonds. The van der Waals surface area contributed by atoms with Crippen molar-refractivity contribution in [2.75, 3.05) is 0 Å². The minimum Gasteiger partial charge on any atom is -0.207 e. The third-order valence-electron chi connectivity index (χ3n) is 4.31. The third kappa shape index (κ3) is 1.62. The lowest BCUT2D eigenvalue weighted by Crippen LogP contribution is -1.99. The Morgan fingerprint density at radius 2 is 2.00 bits per heavy atom. The van der Waals surface area contributed by atoms with Crippen LogP contribution in [0, 0.1) is 30.5 Å². The van der Waals surface area contributed by atoms with E-state index < -0.39 is 0 Å². The zero-order valence-corrected chi connectivity index (χ0v) is 11.0. The van der Waals surface area contributed by atoms with Crippen molar-refractivity contribution in [2.45, 2.75) is 31.0 Å². The summed E-state index contributed by atoms with van der Waals surface area (Å²) in [5.74, 6) is 2.59. The average molecular weight is 283 g/mol. The second-order valence-electron chi connectivity index (χ2n) is 5.25. The summed E-state index contributed by atoms with van der Waals surface area (Å²) in [5, 5.41) is 0. The fourth-order valence-electron chi connectivity index (χ4n) is 3.37. The maximum Gasteiger partial charge on any atom is 0.126 e. The summed E-state index contributed by atoms with van der Waals surface area (Å²) in [7, 11) is 0. The highest BCUT2D eigenvalue weighted by Crippen LogP contribution is 2.64. The Bertz CT molecular complexity index is 405. The van der Waals surface area contributed by atoms with Crippen LogP contribution in [0.3, 0.4) is 0 Å². The first-order valence-electron chi connectivity index (χ1n) is 6.08. The highest BCUT2D eigenvalue weighted by Gasteiger charge is 2.55. The lowest BCUT2D eigenvalue weighted by Gasteiger charge is -2.13. The maximum absolute atomic E-state index is 13.2. The Labute approximate surface area is 104 Å². The molecule has 0 nitrogen and oxygen atoms in total. The molecule has 0 aromatic heterocycles. The molecule has 2 aliphatic carbocycles. The molecular weight excluding hydrogens is 267 g/mol. The van der Waals surface area contributed by atoms with Crippen LogP contribution >= 0.6 is 15.9 Å². The second kappa shape index (κ2) is 3.83. The molecule has 0 heterocycles. The molecule has 3 unspecified atom stereocenters. The van der Waals surface area contributed by atoms with Gasteiger partial charge in [-0.2, -0.15) is 0 Å². The fraction of sp³-hybridized carbons (Fsp3) is 0.571. The molecule has 2 saturated carbocycles. The van der Waals surface area contributed by atoms with E-state index in [1.54, 1.807) is 6.07 Å². The van der Waals surface area contributed by atoms with Gasteiger partial charge in [0.25, 0.3) is 0 Å². The summed E-state index contributed by atoms with van der Waals surface area (Å²) in [6, 6.07) is 5.51. The normalized spacial score (nSPS) is 33.6. The van der Waals surface area contributed by atoms with Gasteiger partial charge in [0, 0.05) is 4.83 Å². The topological polar surface area (TPSA) is 0 Å². The summed E-state index contributed by atoms with van der Waals surface area (Å²) in [4.78, 5) is 0.432. The summed E-state index contributed by atoms with van der Waals surface area (Å²) >= 11 is 3.80. The van der Waals surface area contributed by atoms with Crippen LogP contribution < -0.4 is 0 Å². The van der Waals surface area contributed by atoms with Gasteiger partial charge in [-0.05, 0) is 54.7 Å². The minimum atomic E-state index is -0.0977. The largest absolute Gasteiger partial charge is 0.207 e. The maximum atomic E-state index is 13.2. The van der Waals surface area contributed by atoms with Gasteiger partial charge < -0.3 is 0 Å². The molecular formula is C14H16BrF. The minimum absolute atomic E-state index is 0.0977. The van der Waals surface area contributed by atoms with Gasteiger partial charge in [0.15, 0.2) is 0 Å². The van der Waals surface area contributed by atoms with Crippen LogP contribution in [0.25, 0.3) is 0 Å². The quantitative estimate of drug-likeness (QED) is 0.695. The zero-order chi connectivity index (χ0) is 11.3. The molecule has 0 aliphatic heterocycles. The van der Waals surface area contributed by atoms with Gasteiger partial charge in [0.2, 0.25) is 0 Å². The monoisotopic (exact) mass is 282 g/mol. The van der Waals surface area contributed by atoms with Crippen LogP contribution in [0.15, 0.2) is 18.2 Å². The molecule has 2 aliphatic rings. The highest BCUT2D eigenvalue weighted by molar-refractivity contribution is 9.09. The molecule has 3 rings (SSSR count). The SMILES string of the molecule is Cc1cc(C(Br)C2C3CCCC32)ccc1F. The predicted octanol–water partition coefficient (Wildman–Crippen LogP) is 4.62. The summed E-state index contributed by atoms with van der Waals surface area (Å²) in [6.45, 7) is 1.84. The molecule has 2 heteroatoms. The van der Waals surface area contributed by atoms with E-state index in [4.69, 9.17) is 0 Å². The van der Waals surface area contributed by atoms with Crippen LogP contribution in [-0.2, 0) is 0 Å². The van der Waals surface area contributed by atoms with Crippen molar-refractivity contribution in [2.24, 2.45) is 17.8 Å². The lowest BCUT2D eigenvalue weighted by atomic mass is 10.0. The second-order valence-corrected chi connectivity index (χ2v) is 6.23. The molecule has 0 saturated heterocycles. The van der Waals surface area contributed by atoms with Gasteiger partial charge in [-0.25, -0.2) is 4.39 Å². The predicted molar refractivity (Wildman–Crippen MR) is 67.1 cm³/mol. The molecule has 3 atom stereocenters. The zero-order valence-electron chi connectivity index (χ0n) is 9.42. The van der Waals surface area contributed by atoms with Crippen molar-refractivity contribution in [3.63, 3.8) is 0 Å². The fourth-order valence-corrected chi connectivity index (χ4v) is 4.44. The first kappa shape index (κ1) is 10.8. The molecule has 16 heavy (non-hydrogen) atoms. The van der Waals surface area contributed by atoms with Gasteiger partial charge in [0.1, 0.15) is 5.82 Å². The van der Waals surface area contributed by atoms with E-state index in [2.05, 4.69) is 15.9 Å². The summed E-state index contributed by atoms with van der Waals surface area (Å²) in [5.41, 5.74) is 2.01. The smallest absolute Gasteiger partial charge is 0.126 e. The number of halogens is 2. The molecule has 1 aromatic carbocycles. The van der Waals surface area contributed by atoms with E-state index in [9.17, 15) is 4.39 Å². The number of hydrogen-bond acceptors (Lipinski definition) is 0. The van der Waals surface area contributed by atoms with E-state index in [1.165, 1.54) is 24.8 Å². The van der Waals surface area contributed by atoms with Gasteiger partial charge in [-0.15, -0.1) is 0 Å². The number of alkyl halides is 1. The Morgan fingerprint density at radius 1 is 1.31 bits per heavy atom.